The van der Waals surface area contributed by atoms with Gasteiger partial charge in [-0.3, -0.25) is 4.79 Å². The van der Waals surface area contributed by atoms with Crippen molar-refractivity contribution >= 4 is 27.5 Å². The summed E-state index contributed by atoms with van der Waals surface area (Å²) < 4.78 is 1.54. The number of hydrogen-bond acceptors (Lipinski definition) is 4. The number of rotatable bonds is 3. The number of pyridine rings is 1. The van der Waals surface area contributed by atoms with Crippen LogP contribution < -0.4 is 5.32 Å². The molecule has 0 aromatic carbocycles. The van der Waals surface area contributed by atoms with Crippen LogP contribution in [-0.2, 0) is 4.79 Å². The van der Waals surface area contributed by atoms with Gasteiger partial charge < -0.3 is 5.32 Å². The van der Waals surface area contributed by atoms with E-state index in [0.29, 0.717) is 11.5 Å². The Morgan fingerprint density at radius 3 is 2.94 bits per heavy atom. The molecule has 0 bridgehead atoms. The van der Waals surface area contributed by atoms with Gasteiger partial charge in [0.05, 0.1) is 17.2 Å². The second-order valence-electron chi connectivity index (χ2n) is 2.93. The van der Waals surface area contributed by atoms with E-state index in [9.17, 15) is 4.79 Å². The standard InChI is InChI=1S/C9H8BrN5O/c10-3-9(16)14-7-1-2-8(12-4-7)15-6-11-5-13-15/h1-2,4-6H,3H2,(H,14,16). The second kappa shape index (κ2) is 4.84. The third kappa shape index (κ3) is 2.43. The Balaban J connectivity index is 2.14. The molecule has 16 heavy (non-hydrogen) atoms. The Morgan fingerprint density at radius 1 is 1.50 bits per heavy atom. The van der Waals surface area contributed by atoms with Crippen molar-refractivity contribution in [2.45, 2.75) is 0 Å². The number of amides is 1. The van der Waals surface area contributed by atoms with Gasteiger partial charge in [0, 0.05) is 0 Å². The van der Waals surface area contributed by atoms with E-state index in [4.69, 9.17) is 0 Å². The summed E-state index contributed by atoms with van der Waals surface area (Å²) in [6.45, 7) is 0. The van der Waals surface area contributed by atoms with E-state index in [1.807, 2.05) is 0 Å². The molecule has 2 aromatic heterocycles. The lowest BCUT2D eigenvalue weighted by atomic mass is 10.4. The molecule has 2 aromatic rings. The van der Waals surface area contributed by atoms with E-state index >= 15 is 0 Å². The Hall–Kier alpha value is -1.76. The SMILES string of the molecule is O=C(CBr)Nc1ccc(-n2cncn2)nc1. The molecule has 2 heterocycles. The summed E-state index contributed by atoms with van der Waals surface area (Å²) in [5.41, 5.74) is 0.647. The third-order valence-corrected chi connectivity index (χ3v) is 2.32. The molecule has 0 aliphatic rings. The normalized spacial score (nSPS) is 10.1. The van der Waals surface area contributed by atoms with E-state index in [1.165, 1.54) is 11.0 Å². The molecule has 0 spiro atoms. The minimum atomic E-state index is -0.115. The number of carbonyl (C=O) groups is 1. The number of nitrogens with one attached hydrogen (secondary N) is 1. The summed E-state index contributed by atoms with van der Waals surface area (Å²) in [5, 5.41) is 6.87. The summed E-state index contributed by atoms with van der Waals surface area (Å²) in [4.78, 5) is 19.0. The summed E-state index contributed by atoms with van der Waals surface area (Å²) in [6, 6.07) is 3.50. The maximum Gasteiger partial charge on any atom is 0.235 e. The first-order chi connectivity index (χ1) is 7.79. The molecule has 2 rings (SSSR count). The maximum absolute atomic E-state index is 11.1. The van der Waals surface area contributed by atoms with E-state index in [0.717, 1.165) is 0 Å². The lowest BCUT2D eigenvalue weighted by Crippen LogP contribution is -2.12. The molecule has 6 nitrogen and oxygen atoms in total. The lowest BCUT2D eigenvalue weighted by molar-refractivity contribution is -0.113. The minimum Gasteiger partial charge on any atom is -0.324 e. The van der Waals surface area contributed by atoms with Gasteiger partial charge in [-0.25, -0.2) is 14.6 Å². The summed E-state index contributed by atoms with van der Waals surface area (Å²) in [5.74, 6) is 0.532. The number of aromatic nitrogens is 4. The van der Waals surface area contributed by atoms with Crippen molar-refractivity contribution in [1.82, 2.24) is 19.7 Å². The van der Waals surface area contributed by atoms with Crippen LogP contribution in [0.5, 0.6) is 0 Å². The Bertz CT molecular complexity index is 467. The minimum absolute atomic E-state index is 0.115. The van der Waals surface area contributed by atoms with Gasteiger partial charge in [-0.15, -0.1) is 0 Å². The molecule has 0 saturated heterocycles. The predicted octanol–water partition coefficient (Wildman–Crippen LogP) is 0.996. The summed E-state index contributed by atoms with van der Waals surface area (Å²) in [6.07, 6.45) is 4.55. The highest BCUT2D eigenvalue weighted by Gasteiger charge is 2.01. The molecule has 82 valence electrons. The van der Waals surface area contributed by atoms with E-state index in [1.54, 1.807) is 24.7 Å². The van der Waals surface area contributed by atoms with Crippen molar-refractivity contribution in [3.63, 3.8) is 0 Å². The summed E-state index contributed by atoms with van der Waals surface area (Å²) >= 11 is 3.06. The molecule has 7 heteroatoms. The quantitative estimate of drug-likeness (QED) is 0.852. The maximum atomic E-state index is 11.1. The van der Waals surface area contributed by atoms with Gasteiger partial charge in [0.2, 0.25) is 5.91 Å². The number of carbonyl (C=O) groups excluding carboxylic acids is 1. The highest BCUT2D eigenvalue weighted by molar-refractivity contribution is 9.09. The van der Waals surface area contributed by atoms with Gasteiger partial charge in [-0.1, -0.05) is 15.9 Å². The molecule has 0 atom stereocenters. The van der Waals surface area contributed by atoms with Crippen LogP contribution in [0.15, 0.2) is 31.0 Å². The molecular formula is C9H8BrN5O. The van der Waals surface area contributed by atoms with Crippen molar-refractivity contribution in [2.24, 2.45) is 0 Å². The highest BCUT2D eigenvalue weighted by atomic mass is 79.9. The van der Waals surface area contributed by atoms with Crippen LogP contribution in [0, 0.1) is 0 Å². The fourth-order valence-corrected chi connectivity index (χ4v) is 1.26. The van der Waals surface area contributed by atoms with Gasteiger partial charge >= 0.3 is 0 Å². The van der Waals surface area contributed by atoms with Crippen LogP contribution in [0.3, 0.4) is 0 Å². The van der Waals surface area contributed by atoms with Gasteiger partial charge in [0.25, 0.3) is 0 Å². The van der Waals surface area contributed by atoms with Crippen LogP contribution in [0.1, 0.15) is 0 Å². The Kier molecular flexibility index (Phi) is 3.25. The molecule has 0 aliphatic carbocycles. The van der Waals surface area contributed by atoms with E-state index in [-0.39, 0.29) is 11.2 Å². The predicted molar refractivity (Wildman–Crippen MR) is 61.6 cm³/mol. The Morgan fingerprint density at radius 2 is 2.38 bits per heavy atom. The van der Waals surface area contributed by atoms with Crippen molar-refractivity contribution in [3.8, 4) is 5.82 Å². The lowest BCUT2D eigenvalue weighted by Gasteiger charge is -2.03. The molecule has 1 amide bonds. The Labute approximate surface area is 99.8 Å². The molecule has 0 aliphatic heterocycles. The van der Waals surface area contributed by atoms with Crippen LogP contribution in [0.25, 0.3) is 5.82 Å². The number of halogens is 1. The van der Waals surface area contributed by atoms with E-state index < -0.39 is 0 Å². The zero-order valence-electron chi connectivity index (χ0n) is 8.17. The number of nitrogens with zero attached hydrogens (tertiary/aromatic N) is 4. The topological polar surface area (TPSA) is 72.7 Å². The van der Waals surface area contributed by atoms with Gasteiger partial charge in [0.1, 0.15) is 12.7 Å². The fourth-order valence-electron chi connectivity index (χ4n) is 1.12. The largest absolute Gasteiger partial charge is 0.324 e. The van der Waals surface area contributed by atoms with Crippen molar-refractivity contribution in [2.75, 3.05) is 10.6 Å². The van der Waals surface area contributed by atoms with E-state index in [2.05, 4.69) is 36.3 Å². The van der Waals surface area contributed by atoms with Gasteiger partial charge in [-0.05, 0) is 12.1 Å². The zero-order valence-corrected chi connectivity index (χ0v) is 9.75. The molecule has 0 saturated carbocycles. The van der Waals surface area contributed by atoms with Gasteiger partial charge in [0.15, 0.2) is 5.82 Å². The second-order valence-corrected chi connectivity index (χ2v) is 3.49. The number of hydrogen-bond donors (Lipinski definition) is 1. The van der Waals surface area contributed by atoms with Crippen LogP contribution in [-0.4, -0.2) is 31.0 Å². The van der Waals surface area contributed by atoms with Crippen LogP contribution in [0.2, 0.25) is 0 Å². The molecule has 0 fully saturated rings. The average molecular weight is 282 g/mol. The number of anilines is 1. The average Bonchev–Trinajstić information content (AvgIpc) is 2.83. The molecule has 0 radical (unpaired) electrons. The molecular weight excluding hydrogens is 274 g/mol. The smallest absolute Gasteiger partial charge is 0.235 e. The first-order valence-electron chi connectivity index (χ1n) is 4.46. The molecule has 1 N–H and O–H groups in total. The first-order valence-corrected chi connectivity index (χ1v) is 5.58. The number of alkyl halides is 1. The van der Waals surface area contributed by atoms with Crippen molar-refractivity contribution in [1.29, 1.82) is 0 Å². The van der Waals surface area contributed by atoms with Crippen LogP contribution in [0.4, 0.5) is 5.69 Å². The van der Waals surface area contributed by atoms with Crippen LogP contribution >= 0.6 is 15.9 Å². The third-order valence-electron chi connectivity index (χ3n) is 1.81. The van der Waals surface area contributed by atoms with Crippen molar-refractivity contribution < 1.29 is 4.79 Å². The van der Waals surface area contributed by atoms with Crippen molar-refractivity contribution in [3.05, 3.63) is 31.0 Å². The highest BCUT2D eigenvalue weighted by Crippen LogP contribution is 2.08. The fraction of sp³-hybridized carbons (Fsp3) is 0.111. The zero-order chi connectivity index (χ0) is 11.4. The molecule has 0 unspecified atom stereocenters. The van der Waals surface area contributed by atoms with Gasteiger partial charge in [-0.2, -0.15) is 5.10 Å². The monoisotopic (exact) mass is 281 g/mol. The first kappa shape index (κ1) is 10.7. The summed E-state index contributed by atoms with van der Waals surface area (Å²) in [7, 11) is 0.